The highest BCUT2D eigenvalue weighted by Gasteiger charge is 2.33. The molecule has 13 nitrogen and oxygen atoms in total. The predicted molar refractivity (Wildman–Crippen MR) is 114 cm³/mol. The molecule has 33 heavy (non-hydrogen) atoms. The van der Waals surface area contributed by atoms with Gasteiger partial charge in [-0.25, -0.2) is 4.79 Å². The van der Waals surface area contributed by atoms with Crippen LogP contribution in [0.4, 0.5) is 0 Å². The van der Waals surface area contributed by atoms with Crippen molar-refractivity contribution in [1.82, 2.24) is 16.0 Å². The lowest BCUT2D eigenvalue weighted by molar-refractivity contribution is -0.145. The lowest BCUT2D eigenvalue weighted by Crippen LogP contribution is -2.61. The summed E-state index contributed by atoms with van der Waals surface area (Å²) >= 11 is 0. The molecule has 6 atom stereocenters. The van der Waals surface area contributed by atoms with Crippen molar-refractivity contribution in [3.63, 3.8) is 0 Å². The fraction of sp³-hybridized carbons (Fsp3) is 0.500. The number of aliphatic hydroxyl groups excluding tert-OH is 3. The molecule has 0 bridgehead atoms. The summed E-state index contributed by atoms with van der Waals surface area (Å²) < 4.78 is 0. The van der Waals surface area contributed by atoms with Crippen LogP contribution in [-0.4, -0.2) is 92.2 Å². The highest BCUT2D eigenvalue weighted by molar-refractivity contribution is 5.94. The van der Waals surface area contributed by atoms with Gasteiger partial charge in [0.05, 0.1) is 18.8 Å². The van der Waals surface area contributed by atoms with Crippen molar-refractivity contribution in [3.05, 3.63) is 29.8 Å². The number of phenols is 1. The van der Waals surface area contributed by atoms with Gasteiger partial charge in [-0.3, -0.25) is 14.4 Å². The van der Waals surface area contributed by atoms with Gasteiger partial charge in [0.15, 0.2) is 6.04 Å². The Bertz CT molecular complexity index is 829. The van der Waals surface area contributed by atoms with Crippen molar-refractivity contribution in [2.45, 2.75) is 56.6 Å². The van der Waals surface area contributed by atoms with Crippen molar-refractivity contribution >= 4 is 23.7 Å². The van der Waals surface area contributed by atoms with Gasteiger partial charge >= 0.3 is 5.97 Å². The molecule has 10 N–H and O–H groups in total. The molecule has 0 heterocycles. The summed E-state index contributed by atoms with van der Waals surface area (Å²) in [7, 11) is 0. The molecule has 0 aliphatic carbocycles. The zero-order chi connectivity index (χ0) is 25.3. The summed E-state index contributed by atoms with van der Waals surface area (Å²) in [4.78, 5) is 48.8. The van der Waals surface area contributed by atoms with E-state index in [0.29, 0.717) is 5.56 Å². The number of hydrogen-bond donors (Lipinski definition) is 9. The molecule has 0 saturated carbocycles. The lowest BCUT2D eigenvalue weighted by Gasteiger charge is -2.26. The smallest absolute Gasteiger partial charge is 0.328 e. The van der Waals surface area contributed by atoms with Crippen molar-refractivity contribution in [3.8, 4) is 5.75 Å². The molecule has 0 saturated heterocycles. The number of aliphatic carboxylic acids is 1. The van der Waals surface area contributed by atoms with Crippen LogP contribution in [0, 0.1) is 0 Å². The van der Waals surface area contributed by atoms with E-state index in [2.05, 4.69) is 16.0 Å². The van der Waals surface area contributed by atoms with E-state index in [9.17, 15) is 39.6 Å². The number of nitrogens with two attached hydrogens (primary N) is 1. The standard InChI is InChI=1S/C20H30N4O9/c1-9(26)15(23-17(29)13(21)8-25)19(31)22-14(7-11-3-5-12(28)6-4-11)18(30)24-16(10(2)27)20(32)33/h3-6,9-10,13-16,25-28H,7-8,21H2,1-2H3,(H,22,31)(H,23,29)(H,24,30)(H,32,33). The maximum atomic E-state index is 12.8. The molecule has 1 aromatic rings. The molecule has 184 valence electrons. The Labute approximate surface area is 189 Å². The van der Waals surface area contributed by atoms with Crippen molar-refractivity contribution < 1.29 is 44.7 Å². The molecular weight excluding hydrogens is 440 g/mol. The Balaban J connectivity index is 3.13. The molecule has 0 aromatic heterocycles. The second-order valence-electron chi connectivity index (χ2n) is 7.51. The van der Waals surface area contributed by atoms with E-state index in [0.717, 1.165) is 6.92 Å². The fourth-order valence-corrected chi connectivity index (χ4v) is 2.73. The maximum Gasteiger partial charge on any atom is 0.328 e. The molecule has 1 rings (SSSR count). The normalized spacial score (nSPS) is 16.4. The highest BCUT2D eigenvalue weighted by Crippen LogP contribution is 2.12. The van der Waals surface area contributed by atoms with Crippen LogP contribution in [0.25, 0.3) is 0 Å². The number of nitrogens with one attached hydrogen (secondary N) is 3. The third-order valence-electron chi connectivity index (χ3n) is 4.65. The number of aliphatic hydroxyl groups is 3. The highest BCUT2D eigenvalue weighted by atomic mass is 16.4. The van der Waals surface area contributed by atoms with Gasteiger partial charge in [-0.15, -0.1) is 0 Å². The molecular formula is C20H30N4O9. The lowest BCUT2D eigenvalue weighted by atomic mass is 10.0. The molecule has 6 unspecified atom stereocenters. The van der Waals surface area contributed by atoms with E-state index in [-0.39, 0.29) is 12.2 Å². The number of carbonyl (C=O) groups is 4. The topological polar surface area (TPSA) is 232 Å². The molecule has 1 aromatic carbocycles. The third kappa shape index (κ3) is 8.65. The predicted octanol–water partition coefficient (Wildman–Crippen LogP) is -3.45. The van der Waals surface area contributed by atoms with E-state index < -0.39 is 66.7 Å². The first-order valence-electron chi connectivity index (χ1n) is 10.0. The number of aromatic hydroxyl groups is 1. The van der Waals surface area contributed by atoms with Crippen molar-refractivity contribution in [2.24, 2.45) is 5.73 Å². The second kappa shape index (κ2) is 12.7. The number of carboxylic acids is 1. The van der Waals surface area contributed by atoms with Gasteiger partial charge in [0.2, 0.25) is 17.7 Å². The molecule has 0 aliphatic heterocycles. The SMILES string of the molecule is CC(O)C(NC(=O)C(Cc1ccc(O)cc1)NC(=O)C(NC(=O)C(N)CO)C(C)O)C(=O)O. The summed E-state index contributed by atoms with van der Waals surface area (Å²) in [5.74, 6) is -4.39. The van der Waals surface area contributed by atoms with Crippen LogP contribution in [0.3, 0.4) is 0 Å². The van der Waals surface area contributed by atoms with Crippen LogP contribution in [-0.2, 0) is 25.6 Å². The van der Waals surface area contributed by atoms with Crippen molar-refractivity contribution in [2.75, 3.05) is 6.61 Å². The summed E-state index contributed by atoms with van der Waals surface area (Å²) in [5.41, 5.74) is 5.88. The number of rotatable bonds is 12. The summed E-state index contributed by atoms with van der Waals surface area (Å²) in [6.07, 6.45) is -3.01. The first-order chi connectivity index (χ1) is 15.4. The molecule has 0 spiro atoms. The van der Waals surface area contributed by atoms with Crippen LogP contribution in [0.5, 0.6) is 5.75 Å². The number of hydrogen-bond acceptors (Lipinski definition) is 9. The second-order valence-corrected chi connectivity index (χ2v) is 7.51. The van der Waals surface area contributed by atoms with Gasteiger partial charge < -0.3 is 47.2 Å². The summed E-state index contributed by atoms with van der Waals surface area (Å²) in [5, 5.41) is 53.8. The van der Waals surface area contributed by atoms with Gasteiger partial charge in [0.25, 0.3) is 0 Å². The monoisotopic (exact) mass is 470 g/mol. The Hall–Kier alpha value is -3.26. The first kappa shape index (κ1) is 27.8. The van der Waals surface area contributed by atoms with E-state index in [4.69, 9.17) is 10.8 Å². The number of benzene rings is 1. The minimum absolute atomic E-state index is 0.0408. The van der Waals surface area contributed by atoms with Gasteiger partial charge in [-0.1, -0.05) is 12.1 Å². The third-order valence-corrected chi connectivity index (χ3v) is 4.65. The largest absolute Gasteiger partial charge is 0.508 e. The Morgan fingerprint density at radius 1 is 0.879 bits per heavy atom. The number of carboxylic acid groups (broad SMARTS) is 1. The number of amides is 3. The number of phenolic OH excluding ortho intramolecular Hbond substituents is 1. The average Bonchev–Trinajstić information content (AvgIpc) is 2.74. The van der Waals surface area contributed by atoms with E-state index in [1.54, 1.807) is 0 Å². The van der Waals surface area contributed by atoms with Crippen molar-refractivity contribution in [1.29, 1.82) is 0 Å². The van der Waals surface area contributed by atoms with Crippen LogP contribution in [0.2, 0.25) is 0 Å². The van der Waals surface area contributed by atoms with Crippen LogP contribution >= 0.6 is 0 Å². The summed E-state index contributed by atoms with van der Waals surface area (Å²) in [6.45, 7) is 1.66. The van der Waals surface area contributed by atoms with E-state index in [1.807, 2.05) is 0 Å². The maximum absolute atomic E-state index is 12.8. The first-order valence-corrected chi connectivity index (χ1v) is 10.0. The zero-order valence-electron chi connectivity index (χ0n) is 18.1. The molecule has 3 amide bonds. The Morgan fingerprint density at radius 2 is 1.39 bits per heavy atom. The molecule has 0 aliphatic rings. The molecule has 0 radical (unpaired) electrons. The zero-order valence-corrected chi connectivity index (χ0v) is 18.1. The Morgan fingerprint density at radius 3 is 1.85 bits per heavy atom. The van der Waals surface area contributed by atoms with Crippen LogP contribution < -0.4 is 21.7 Å². The molecule has 0 fully saturated rings. The fourth-order valence-electron chi connectivity index (χ4n) is 2.73. The average molecular weight is 470 g/mol. The molecule has 13 heteroatoms. The Kier molecular flexibility index (Phi) is 10.7. The van der Waals surface area contributed by atoms with E-state index >= 15 is 0 Å². The van der Waals surface area contributed by atoms with Crippen LogP contribution in [0.1, 0.15) is 19.4 Å². The van der Waals surface area contributed by atoms with E-state index in [1.165, 1.54) is 31.2 Å². The van der Waals surface area contributed by atoms with Crippen LogP contribution in [0.15, 0.2) is 24.3 Å². The van der Waals surface area contributed by atoms with Gasteiger partial charge in [-0.2, -0.15) is 0 Å². The minimum atomic E-state index is -1.66. The number of carbonyl (C=O) groups excluding carboxylic acids is 3. The van der Waals surface area contributed by atoms with Gasteiger partial charge in [0, 0.05) is 6.42 Å². The van der Waals surface area contributed by atoms with Gasteiger partial charge in [0.1, 0.15) is 23.9 Å². The summed E-state index contributed by atoms with van der Waals surface area (Å²) in [6, 6.07) is -0.305. The minimum Gasteiger partial charge on any atom is -0.508 e. The quantitative estimate of drug-likeness (QED) is 0.147. The van der Waals surface area contributed by atoms with Gasteiger partial charge in [-0.05, 0) is 31.5 Å².